The minimum atomic E-state index is -4.08. The Bertz CT molecular complexity index is 590. The normalized spacial score (nSPS) is 12.2. The summed E-state index contributed by atoms with van der Waals surface area (Å²) < 4.78 is 38.3. The summed E-state index contributed by atoms with van der Waals surface area (Å²) in [5, 5.41) is 0. The Morgan fingerprint density at radius 2 is 2.00 bits per heavy atom. The van der Waals surface area contributed by atoms with Gasteiger partial charge in [-0.05, 0) is 37.5 Å². The lowest BCUT2D eigenvalue weighted by atomic mass is 10.2. The molecule has 0 aliphatic carbocycles. The standard InChI is InChI=1S/C14H16ClF3N2/c1-10-4-5-11-12(8-10)20(13(9-15)19-11)7-3-2-6-14(16,17)18/h4-5,8H,2-3,6-7,9H2,1H3. The maximum absolute atomic E-state index is 12.1. The van der Waals surface area contributed by atoms with Gasteiger partial charge in [0.15, 0.2) is 0 Å². The zero-order valence-corrected chi connectivity index (χ0v) is 11.9. The number of nitrogens with zero attached hydrogens (tertiary/aromatic N) is 2. The molecule has 1 aromatic carbocycles. The molecule has 20 heavy (non-hydrogen) atoms. The summed E-state index contributed by atoms with van der Waals surface area (Å²) >= 11 is 5.87. The monoisotopic (exact) mass is 304 g/mol. The molecule has 0 aliphatic heterocycles. The summed E-state index contributed by atoms with van der Waals surface area (Å²) in [5.41, 5.74) is 2.87. The predicted molar refractivity (Wildman–Crippen MR) is 73.9 cm³/mol. The van der Waals surface area contributed by atoms with E-state index in [4.69, 9.17) is 11.6 Å². The second-order valence-corrected chi connectivity index (χ2v) is 5.15. The van der Waals surface area contributed by atoms with Crippen LogP contribution in [0.3, 0.4) is 0 Å². The molecular weight excluding hydrogens is 289 g/mol. The smallest absolute Gasteiger partial charge is 0.327 e. The number of unbranched alkanes of at least 4 members (excludes halogenated alkanes) is 1. The predicted octanol–water partition coefficient (Wildman–Crippen LogP) is 4.82. The zero-order chi connectivity index (χ0) is 14.8. The molecule has 0 N–H and O–H groups in total. The highest BCUT2D eigenvalue weighted by molar-refractivity contribution is 6.16. The summed E-state index contributed by atoms with van der Waals surface area (Å²) in [6.45, 7) is 2.49. The van der Waals surface area contributed by atoms with Gasteiger partial charge in [0, 0.05) is 13.0 Å². The van der Waals surface area contributed by atoms with Gasteiger partial charge in [-0.15, -0.1) is 11.6 Å². The first kappa shape index (κ1) is 15.2. The molecule has 0 spiro atoms. The third-order valence-corrected chi connectivity index (χ3v) is 3.43. The van der Waals surface area contributed by atoms with Gasteiger partial charge in [-0.25, -0.2) is 4.98 Å². The van der Waals surface area contributed by atoms with Crippen LogP contribution in [0.15, 0.2) is 18.2 Å². The van der Waals surface area contributed by atoms with Crippen LogP contribution in [0.4, 0.5) is 13.2 Å². The number of hydrogen-bond acceptors (Lipinski definition) is 1. The number of aromatic nitrogens is 2. The molecule has 2 rings (SSSR count). The SMILES string of the molecule is Cc1ccc2nc(CCl)n(CCCCC(F)(F)F)c2c1. The summed E-state index contributed by atoms with van der Waals surface area (Å²) in [7, 11) is 0. The van der Waals surface area contributed by atoms with E-state index in [2.05, 4.69) is 4.98 Å². The van der Waals surface area contributed by atoms with Crippen molar-refractivity contribution in [1.82, 2.24) is 9.55 Å². The molecule has 0 fully saturated rings. The van der Waals surface area contributed by atoms with Gasteiger partial charge >= 0.3 is 6.18 Å². The van der Waals surface area contributed by atoms with Gasteiger partial charge in [-0.1, -0.05) is 6.07 Å². The van der Waals surface area contributed by atoms with Gasteiger partial charge in [0.05, 0.1) is 16.9 Å². The van der Waals surface area contributed by atoms with Gasteiger partial charge in [0.25, 0.3) is 0 Å². The highest BCUT2D eigenvalue weighted by Crippen LogP contribution is 2.24. The molecule has 1 heterocycles. The fourth-order valence-corrected chi connectivity index (χ4v) is 2.43. The van der Waals surface area contributed by atoms with Crippen molar-refractivity contribution in [3.8, 4) is 0 Å². The quantitative estimate of drug-likeness (QED) is 0.572. The number of alkyl halides is 4. The maximum Gasteiger partial charge on any atom is 0.389 e. The number of hydrogen-bond donors (Lipinski definition) is 0. The molecule has 2 nitrogen and oxygen atoms in total. The van der Waals surface area contributed by atoms with E-state index in [1.54, 1.807) is 0 Å². The van der Waals surface area contributed by atoms with Crippen molar-refractivity contribution in [3.63, 3.8) is 0 Å². The Balaban J connectivity index is 2.13. The van der Waals surface area contributed by atoms with E-state index in [0.29, 0.717) is 18.8 Å². The molecular formula is C14H16ClF3N2. The lowest BCUT2D eigenvalue weighted by Crippen LogP contribution is -2.08. The fraction of sp³-hybridized carbons (Fsp3) is 0.500. The van der Waals surface area contributed by atoms with Crippen molar-refractivity contribution in [3.05, 3.63) is 29.6 Å². The Hall–Kier alpha value is -1.23. The van der Waals surface area contributed by atoms with Gasteiger partial charge in [-0.2, -0.15) is 13.2 Å². The highest BCUT2D eigenvalue weighted by Gasteiger charge is 2.25. The molecule has 0 amide bonds. The molecule has 0 radical (unpaired) electrons. The van der Waals surface area contributed by atoms with Crippen LogP contribution < -0.4 is 0 Å². The van der Waals surface area contributed by atoms with Crippen LogP contribution in [0.2, 0.25) is 0 Å². The van der Waals surface area contributed by atoms with Crippen LogP contribution in [0.1, 0.15) is 30.7 Å². The van der Waals surface area contributed by atoms with E-state index >= 15 is 0 Å². The minimum absolute atomic E-state index is 0.122. The lowest BCUT2D eigenvalue weighted by Gasteiger charge is -2.09. The number of imidazole rings is 1. The molecule has 0 saturated carbocycles. The topological polar surface area (TPSA) is 17.8 Å². The summed E-state index contributed by atoms with van der Waals surface area (Å²) in [6, 6.07) is 5.86. The van der Waals surface area contributed by atoms with Crippen molar-refractivity contribution in [2.45, 2.75) is 44.8 Å². The van der Waals surface area contributed by atoms with Crippen LogP contribution in [0.25, 0.3) is 11.0 Å². The van der Waals surface area contributed by atoms with Crippen LogP contribution in [0.5, 0.6) is 0 Å². The van der Waals surface area contributed by atoms with E-state index < -0.39 is 12.6 Å². The number of fused-ring (bicyclic) bond motifs is 1. The summed E-state index contributed by atoms with van der Waals surface area (Å²) in [5.74, 6) is 0.965. The van der Waals surface area contributed by atoms with E-state index in [1.165, 1.54) is 0 Å². The number of rotatable bonds is 5. The minimum Gasteiger partial charge on any atom is -0.327 e. The Morgan fingerprint density at radius 3 is 2.65 bits per heavy atom. The number of halogens is 4. The number of benzene rings is 1. The molecule has 1 aromatic heterocycles. The van der Waals surface area contributed by atoms with E-state index in [0.717, 1.165) is 16.6 Å². The summed E-state index contributed by atoms with van der Waals surface area (Å²) in [4.78, 5) is 4.41. The van der Waals surface area contributed by atoms with Gasteiger partial charge in [-0.3, -0.25) is 0 Å². The molecule has 110 valence electrons. The zero-order valence-electron chi connectivity index (χ0n) is 11.2. The third kappa shape index (κ3) is 3.66. The first-order chi connectivity index (χ1) is 9.40. The molecule has 0 atom stereocenters. The van der Waals surface area contributed by atoms with Crippen molar-refractivity contribution >= 4 is 22.6 Å². The van der Waals surface area contributed by atoms with E-state index in [-0.39, 0.29) is 12.3 Å². The first-order valence-corrected chi connectivity index (χ1v) is 7.02. The highest BCUT2D eigenvalue weighted by atomic mass is 35.5. The van der Waals surface area contributed by atoms with E-state index in [1.807, 2.05) is 29.7 Å². The molecule has 6 heteroatoms. The van der Waals surface area contributed by atoms with Gasteiger partial charge < -0.3 is 4.57 Å². The number of aryl methyl sites for hydroxylation is 2. The molecule has 0 aliphatic rings. The maximum atomic E-state index is 12.1. The van der Waals surface area contributed by atoms with Crippen LogP contribution >= 0.6 is 11.6 Å². The second kappa shape index (κ2) is 6.04. The van der Waals surface area contributed by atoms with Gasteiger partial charge in [0.2, 0.25) is 0 Å². The van der Waals surface area contributed by atoms with Crippen molar-refractivity contribution in [1.29, 1.82) is 0 Å². The molecule has 0 saturated heterocycles. The van der Waals surface area contributed by atoms with Crippen molar-refractivity contribution in [2.75, 3.05) is 0 Å². The first-order valence-electron chi connectivity index (χ1n) is 6.49. The Kier molecular flexibility index (Phi) is 4.58. The fourth-order valence-electron chi connectivity index (χ4n) is 2.23. The average Bonchev–Trinajstić information content (AvgIpc) is 2.71. The van der Waals surface area contributed by atoms with Crippen LogP contribution in [-0.2, 0) is 12.4 Å². The van der Waals surface area contributed by atoms with Gasteiger partial charge in [0.1, 0.15) is 5.82 Å². The van der Waals surface area contributed by atoms with E-state index in [9.17, 15) is 13.2 Å². The average molecular weight is 305 g/mol. The lowest BCUT2D eigenvalue weighted by molar-refractivity contribution is -0.135. The molecule has 0 bridgehead atoms. The Labute approximate surface area is 120 Å². The van der Waals surface area contributed by atoms with Crippen molar-refractivity contribution in [2.24, 2.45) is 0 Å². The largest absolute Gasteiger partial charge is 0.389 e. The molecule has 2 aromatic rings. The van der Waals surface area contributed by atoms with Crippen LogP contribution in [-0.4, -0.2) is 15.7 Å². The second-order valence-electron chi connectivity index (χ2n) is 4.88. The third-order valence-electron chi connectivity index (χ3n) is 3.19. The molecule has 0 unspecified atom stereocenters. The Morgan fingerprint density at radius 1 is 1.25 bits per heavy atom. The van der Waals surface area contributed by atoms with Crippen molar-refractivity contribution < 1.29 is 13.2 Å². The van der Waals surface area contributed by atoms with Crippen LogP contribution in [0, 0.1) is 6.92 Å². The summed E-state index contributed by atoms with van der Waals surface area (Å²) in [6.07, 6.45) is -4.24.